The molecule has 2 N–H and O–H groups in total. The molecule has 21 heavy (non-hydrogen) atoms. The summed E-state index contributed by atoms with van der Waals surface area (Å²) in [6.45, 7) is 7.10. The van der Waals surface area contributed by atoms with E-state index >= 15 is 0 Å². The van der Waals surface area contributed by atoms with Crippen molar-refractivity contribution in [1.82, 2.24) is 0 Å². The molecule has 0 atom stereocenters. The van der Waals surface area contributed by atoms with Crippen LogP contribution in [0.2, 0.25) is 0 Å². The topological polar surface area (TPSA) is 46.3 Å². The zero-order valence-corrected chi connectivity index (χ0v) is 12.9. The number of benzene rings is 2. The molecule has 1 amide bonds. The van der Waals surface area contributed by atoms with Gasteiger partial charge in [-0.15, -0.1) is 0 Å². The van der Waals surface area contributed by atoms with E-state index in [0.717, 1.165) is 27.9 Å². The first-order chi connectivity index (χ1) is 10.1. The lowest BCUT2D eigenvalue weighted by Crippen LogP contribution is -2.31. The quantitative estimate of drug-likeness (QED) is 0.934. The van der Waals surface area contributed by atoms with E-state index in [-0.39, 0.29) is 5.91 Å². The van der Waals surface area contributed by atoms with E-state index in [0.29, 0.717) is 13.1 Å². The predicted octanol–water partition coefficient (Wildman–Crippen LogP) is 3.43. The Morgan fingerprint density at radius 1 is 1.10 bits per heavy atom. The molecule has 0 heterocycles. The molecule has 2 aromatic rings. The lowest BCUT2D eigenvalue weighted by atomic mass is 10.0. The van der Waals surface area contributed by atoms with Crippen molar-refractivity contribution in [1.29, 1.82) is 0 Å². The van der Waals surface area contributed by atoms with Gasteiger partial charge in [-0.2, -0.15) is 0 Å². The van der Waals surface area contributed by atoms with Crippen LogP contribution in [-0.4, -0.2) is 12.5 Å². The van der Waals surface area contributed by atoms with Crippen molar-refractivity contribution in [3.63, 3.8) is 0 Å². The van der Waals surface area contributed by atoms with E-state index in [1.165, 1.54) is 0 Å². The molecule has 3 heteroatoms. The normalized spacial score (nSPS) is 10.5. The van der Waals surface area contributed by atoms with E-state index in [1.807, 2.05) is 63.2 Å². The number of nitrogens with zero attached hydrogens (tertiary/aromatic N) is 1. The van der Waals surface area contributed by atoms with Gasteiger partial charge in [0.25, 0.3) is 5.91 Å². The summed E-state index contributed by atoms with van der Waals surface area (Å²) >= 11 is 0. The zero-order valence-electron chi connectivity index (χ0n) is 12.9. The molecular formula is C18H22N2O. The third-order valence-corrected chi connectivity index (χ3v) is 3.67. The highest BCUT2D eigenvalue weighted by molar-refractivity contribution is 6.07. The summed E-state index contributed by atoms with van der Waals surface area (Å²) in [4.78, 5) is 14.6. The minimum absolute atomic E-state index is 0.0409. The van der Waals surface area contributed by atoms with Crippen LogP contribution in [0.15, 0.2) is 42.5 Å². The summed E-state index contributed by atoms with van der Waals surface area (Å²) in [7, 11) is 0. The third-order valence-electron chi connectivity index (χ3n) is 3.67. The van der Waals surface area contributed by atoms with Crippen molar-refractivity contribution in [3.05, 3.63) is 64.7 Å². The van der Waals surface area contributed by atoms with E-state index in [1.54, 1.807) is 4.90 Å². The largest absolute Gasteiger partial charge is 0.326 e. The summed E-state index contributed by atoms with van der Waals surface area (Å²) in [5.74, 6) is 0.0409. The lowest BCUT2D eigenvalue weighted by Gasteiger charge is -2.22. The first-order valence-electron chi connectivity index (χ1n) is 7.25. The summed E-state index contributed by atoms with van der Waals surface area (Å²) in [5, 5.41) is 0. The predicted molar refractivity (Wildman–Crippen MR) is 87.6 cm³/mol. The highest BCUT2D eigenvalue weighted by Gasteiger charge is 2.17. The van der Waals surface area contributed by atoms with Crippen LogP contribution in [-0.2, 0) is 6.54 Å². The number of rotatable bonds is 4. The number of carbonyl (C=O) groups is 1. The number of hydrogen-bond donors (Lipinski definition) is 1. The SMILES string of the molecule is CCN(C(=O)c1cc(C)ccc1C)c1ccc(CN)cc1. The van der Waals surface area contributed by atoms with Crippen LogP contribution >= 0.6 is 0 Å². The van der Waals surface area contributed by atoms with Gasteiger partial charge in [0.15, 0.2) is 0 Å². The highest BCUT2D eigenvalue weighted by Crippen LogP contribution is 2.20. The van der Waals surface area contributed by atoms with Gasteiger partial charge in [-0.3, -0.25) is 4.79 Å². The summed E-state index contributed by atoms with van der Waals surface area (Å²) in [6, 6.07) is 13.8. The van der Waals surface area contributed by atoms with Crippen LogP contribution in [0.4, 0.5) is 5.69 Å². The van der Waals surface area contributed by atoms with Gasteiger partial charge in [-0.1, -0.05) is 29.8 Å². The lowest BCUT2D eigenvalue weighted by molar-refractivity contribution is 0.0987. The molecule has 0 radical (unpaired) electrons. The van der Waals surface area contributed by atoms with Gasteiger partial charge in [-0.05, 0) is 50.1 Å². The van der Waals surface area contributed by atoms with Crippen LogP contribution in [0.1, 0.15) is 34.0 Å². The summed E-state index contributed by atoms with van der Waals surface area (Å²) in [5.41, 5.74) is 10.4. The molecule has 2 aromatic carbocycles. The van der Waals surface area contributed by atoms with Gasteiger partial charge in [0.05, 0.1) is 0 Å². The maximum atomic E-state index is 12.8. The fourth-order valence-electron chi connectivity index (χ4n) is 2.37. The average molecular weight is 282 g/mol. The first kappa shape index (κ1) is 15.3. The second-order valence-corrected chi connectivity index (χ2v) is 5.24. The van der Waals surface area contributed by atoms with Gasteiger partial charge in [0.1, 0.15) is 0 Å². The van der Waals surface area contributed by atoms with Crippen molar-refractivity contribution in [2.45, 2.75) is 27.3 Å². The minimum Gasteiger partial charge on any atom is -0.326 e. The van der Waals surface area contributed by atoms with E-state index in [4.69, 9.17) is 5.73 Å². The number of nitrogens with two attached hydrogens (primary N) is 1. The fraction of sp³-hybridized carbons (Fsp3) is 0.278. The second kappa shape index (κ2) is 6.55. The van der Waals surface area contributed by atoms with Gasteiger partial charge >= 0.3 is 0 Å². The number of amides is 1. The second-order valence-electron chi connectivity index (χ2n) is 5.24. The van der Waals surface area contributed by atoms with E-state index in [2.05, 4.69) is 0 Å². The Kier molecular flexibility index (Phi) is 4.76. The highest BCUT2D eigenvalue weighted by atomic mass is 16.2. The van der Waals surface area contributed by atoms with Crippen molar-refractivity contribution in [2.75, 3.05) is 11.4 Å². The van der Waals surface area contributed by atoms with Crippen LogP contribution in [0.5, 0.6) is 0 Å². The van der Waals surface area contributed by atoms with Gasteiger partial charge in [0.2, 0.25) is 0 Å². The van der Waals surface area contributed by atoms with Gasteiger partial charge in [-0.25, -0.2) is 0 Å². The summed E-state index contributed by atoms with van der Waals surface area (Å²) < 4.78 is 0. The molecule has 0 saturated carbocycles. The number of anilines is 1. The first-order valence-corrected chi connectivity index (χ1v) is 7.25. The maximum absolute atomic E-state index is 12.8. The molecule has 0 bridgehead atoms. The Labute approximate surface area is 126 Å². The van der Waals surface area contributed by atoms with Crippen LogP contribution < -0.4 is 10.6 Å². The standard InChI is InChI=1S/C18H22N2O/c1-4-20(16-9-7-15(12-19)8-10-16)18(21)17-11-13(2)5-6-14(17)3/h5-11H,4,12,19H2,1-3H3. The number of hydrogen-bond acceptors (Lipinski definition) is 2. The third kappa shape index (κ3) is 3.31. The van der Waals surface area contributed by atoms with Crippen LogP contribution in [0.25, 0.3) is 0 Å². The molecule has 0 spiro atoms. The Bertz CT molecular complexity index is 632. The molecule has 0 aromatic heterocycles. The van der Waals surface area contributed by atoms with E-state index < -0.39 is 0 Å². The van der Waals surface area contributed by atoms with Crippen molar-refractivity contribution in [3.8, 4) is 0 Å². The molecule has 110 valence electrons. The molecule has 3 nitrogen and oxygen atoms in total. The number of aryl methyl sites for hydroxylation is 2. The smallest absolute Gasteiger partial charge is 0.258 e. The molecule has 0 saturated heterocycles. The molecule has 0 aliphatic rings. The average Bonchev–Trinajstić information content (AvgIpc) is 2.51. The Balaban J connectivity index is 2.35. The Morgan fingerprint density at radius 2 is 1.76 bits per heavy atom. The van der Waals surface area contributed by atoms with Crippen LogP contribution in [0.3, 0.4) is 0 Å². The molecule has 0 aliphatic heterocycles. The van der Waals surface area contributed by atoms with Crippen molar-refractivity contribution in [2.24, 2.45) is 5.73 Å². The van der Waals surface area contributed by atoms with Gasteiger partial charge < -0.3 is 10.6 Å². The Hall–Kier alpha value is -2.13. The Morgan fingerprint density at radius 3 is 2.33 bits per heavy atom. The zero-order chi connectivity index (χ0) is 15.4. The number of carbonyl (C=O) groups excluding carboxylic acids is 1. The molecule has 0 fully saturated rings. The molecule has 0 aliphatic carbocycles. The van der Waals surface area contributed by atoms with E-state index in [9.17, 15) is 4.79 Å². The fourth-order valence-corrected chi connectivity index (χ4v) is 2.37. The summed E-state index contributed by atoms with van der Waals surface area (Å²) in [6.07, 6.45) is 0. The molecular weight excluding hydrogens is 260 g/mol. The molecule has 0 unspecified atom stereocenters. The van der Waals surface area contributed by atoms with Crippen molar-refractivity contribution >= 4 is 11.6 Å². The monoisotopic (exact) mass is 282 g/mol. The molecule has 2 rings (SSSR count). The van der Waals surface area contributed by atoms with Gasteiger partial charge in [0, 0.05) is 24.3 Å². The maximum Gasteiger partial charge on any atom is 0.258 e. The van der Waals surface area contributed by atoms with Crippen molar-refractivity contribution < 1.29 is 4.79 Å². The minimum atomic E-state index is 0.0409. The van der Waals surface area contributed by atoms with Crippen LogP contribution in [0, 0.1) is 13.8 Å².